The number of nitrogens with one attached hydrogen (secondary N) is 1. The third-order valence-corrected chi connectivity index (χ3v) is 5.30. The molecule has 3 heterocycles. The van der Waals surface area contributed by atoms with Crippen LogP contribution in [-0.2, 0) is 11.3 Å². The summed E-state index contributed by atoms with van der Waals surface area (Å²) in [6.07, 6.45) is 5.03. The molecule has 0 aliphatic carbocycles. The van der Waals surface area contributed by atoms with Crippen LogP contribution in [0, 0.1) is 11.6 Å². The molecule has 0 amide bonds. The number of benzene rings is 2. The van der Waals surface area contributed by atoms with Gasteiger partial charge in [0.15, 0.2) is 0 Å². The van der Waals surface area contributed by atoms with Crippen molar-refractivity contribution in [3.63, 3.8) is 0 Å². The molecule has 0 unspecified atom stereocenters. The first-order valence-electron chi connectivity index (χ1n) is 9.72. The summed E-state index contributed by atoms with van der Waals surface area (Å²) in [4.78, 5) is 11.1. The molecule has 4 aromatic rings. The summed E-state index contributed by atoms with van der Waals surface area (Å²) in [5, 5.41) is 6.68. The summed E-state index contributed by atoms with van der Waals surface area (Å²) < 4.78 is 35.1. The fourth-order valence-corrected chi connectivity index (χ4v) is 3.69. The maximum atomic E-state index is 14.9. The number of nitrogens with zero attached hydrogens (tertiary/aromatic N) is 4. The smallest absolute Gasteiger partial charge is 0.131 e. The molecule has 1 saturated heterocycles. The van der Waals surface area contributed by atoms with Crippen molar-refractivity contribution in [2.45, 2.75) is 6.54 Å². The van der Waals surface area contributed by atoms with Gasteiger partial charge < -0.3 is 4.74 Å². The summed E-state index contributed by atoms with van der Waals surface area (Å²) in [5.74, 6) is -1.13. The van der Waals surface area contributed by atoms with Crippen LogP contribution in [-0.4, -0.2) is 51.4 Å². The van der Waals surface area contributed by atoms with E-state index in [2.05, 4.69) is 20.2 Å². The first kappa shape index (κ1) is 18.8. The Kier molecular flexibility index (Phi) is 4.94. The summed E-state index contributed by atoms with van der Waals surface area (Å²) in [6.45, 7) is 2.71. The lowest BCUT2D eigenvalue weighted by Crippen LogP contribution is -2.36. The molecule has 30 heavy (non-hydrogen) atoms. The van der Waals surface area contributed by atoms with E-state index in [1.165, 1.54) is 12.1 Å². The minimum absolute atomic E-state index is 0.0751. The van der Waals surface area contributed by atoms with Crippen LogP contribution < -0.4 is 0 Å². The standard InChI is InChI=1S/C22H19F2N5O/c23-18-8-14(9-19(24)17(18)13-29-4-6-30-7-5-29)16-2-1-3-20-22(16)28-21(12-25-20)15-10-26-27-11-15/h1-3,8-12H,4-7,13H2,(H,26,27). The molecular weight excluding hydrogens is 388 g/mol. The van der Waals surface area contributed by atoms with Gasteiger partial charge in [-0.2, -0.15) is 5.10 Å². The average Bonchev–Trinajstić information content (AvgIpc) is 3.31. The molecule has 0 saturated carbocycles. The van der Waals surface area contributed by atoms with Gasteiger partial charge in [-0.3, -0.25) is 15.0 Å². The van der Waals surface area contributed by atoms with Crippen molar-refractivity contribution in [2.24, 2.45) is 0 Å². The van der Waals surface area contributed by atoms with Gasteiger partial charge in [-0.15, -0.1) is 0 Å². The predicted octanol–water partition coefficient (Wildman–Crippen LogP) is 3.80. The van der Waals surface area contributed by atoms with Crippen molar-refractivity contribution in [1.29, 1.82) is 0 Å². The highest BCUT2D eigenvalue weighted by atomic mass is 19.1. The maximum absolute atomic E-state index is 14.9. The average molecular weight is 407 g/mol. The molecule has 0 radical (unpaired) electrons. The van der Waals surface area contributed by atoms with E-state index in [1.807, 2.05) is 11.0 Å². The van der Waals surface area contributed by atoms with Gasteiger partial charge in [0.2, 0.25) is 0 Å². The van der Waals surface area contributed by atoms with Crippen LogP contribution in [0.1, 0.15) is 5.56 Å². The fourth-order valence-electron chi connectivity index (χ4n) is 3.69. The van der Waals surface area contributed by atoms with E-state index < -0.39 is 11.6 Å². The van der Waals surface area contributed by atoms with Crippen molar-refractivity contribution >= 4 is 11.0 Å². The van der Waals surface area contributed by atoms with Crippen LogP contribution in [0.5, 0.6) is 0 Å². The number of morpholine rings is 1. The lowest BCUT2D eigenvalue weighted by molar-refractivity contribution is 0.0332. The van der Waals surface area contributed by atoms with Gasteiger partial charge in [-0.25, -0.2) is 13.8 Å². The van der Waals surface area contributed by atoms with E-state index in [4.69, 9.17) is 4.74 Å². The Balaban J connectivity index is 1.55. The van der Waals surface area contributed by atoms with Gasteiger partial charge in [0.1, 0.15) is 11.6 Å². The Labute approximate surface area is 171 Å². The summed E-state index contributed by atoms with van der Waals surface area (Å²) in [6, 6.07) is 8.18. The normalized spacial score (nSPS) is 15.0. The molecule has 0 bridgehead atoms. The quantitative estimate of drug-likeness (QED) is 0.558. The van der Waals surface area contributed by atoms with Crippen LogP contribution in [0.4, 0.5) is 8.78 Å². The van der Waals surface area contributed by atoms with Crippen LogP contribution in [0.2, 0.25) is 0 Å². The molecule has 5 rings (SSSR count). The number of hydrogen-bond acceptors (Lipinski definition) is 5. The first-order chi connectivity index (χ1) is 14.7. The third-order valence-electron chi connectivity index (χ3n) is 5.30. The molecule has 1 aliphatic heterocycles. The van der Waals surface area contributed by atoms with Crippen LogP contribution in [0.15, 0.2) is 48.9 Å². The zero-order valence-corrected chi connectivity index (χ0v) is 16.1. The number of ether oxygens (including phenoxy) is 1. The Morgan fingerprint density at radius 3 is 2.57 bits per heavy atom. The molecule has 6 nitrogen and oxygen atoms in total. The van der Waals surface area contributed by atoms with Crippen molar-refractivity contribution in [3.8, 4) is 22.4 Å². The Morgan fingerprint density at radius 2 is 1.83 bits per heavy atom. The van der Waals surface area contributed by atoms with E-state index >= 15 is 0 Å². The molecule has 1 aliphatic rings. The molecule has 1 N–H and O–H groups in total. The largest absolute Gasteiger partial charge is 0.379 e. The number of aromatic amines is 1. The van der Waals surface area contributed by atoms with E-state index in [1.54, 1.807) is 30.7 Å². The molecule has 8 heteroatoms. The summed E-state index contributed by atoms with van der Waals surface area (Å²) >= 11 is 0. The first-order valence-corrected chi connectivity index (χ1v) is 9.72. The highest BCUT2D eigenvalue weighted by molar-refractivity contribution is 5.92. The topological polar surface area (TPSA) is 66.9 Å². The molecule has 2 aromatic carbocycles. The highest BCUT2D eigenvalue weighted by Gasteiger charge is 2.19. The van der Waals surface area contributed by atoms with Crippen molar-refractivity contribution < 1.29 is 13.5 Å². The van der Waals surface area contributed by atoms with Crippen LogP contribution >= 0.6 is 0 Å². The minimum Gasteiger partial charge on any atom is -0.379 e. The summed E-state index contributed by atoms with van der Waals surface area (Å²) in [7, 11) is 0. The SMILES string of the molecule is Fc1cc(-c2cccc3ncc(-c4cn[nH]c4)nc23)cc(F)c1CN1CCOCC1. The van der Waals surface area contributed by atoms with E-state index in [9.17, 15) is 8.78 Å². The zero-order chi connectivity index (χ0) is 20.5. The second kappa shape index (κ2) is 7.89. The maximum Gasteiger partial charge on any atom is 0.131 e. The minimum atomic E-state index is -0.563. The molecule has 0 atom stereocenters. The molecule has 0 spiro atoms. The predicted molar refractivity (Wildman–Crippen MR) is 109 cm³/mol. The number of rotatable bonds is 4. The van der Waals surface area contributed by atoms with Gasteiger partial charge >= 0.3 is 0 Å². The third kappa shape index (κ3) is 3.55. The van der Waals surface area contributed by atoms with Crippen LogP contribution in [0.25, 0.3) is 33.4 Å². The number of para-hydroxylation sites is 1. The number of fused-ring (bicyclic) bond motifs is 1. The lowest BCUT2D eigenvalue weighted by atomic mass is 10.0. The highest BCUT2D eigenvalue weighted by Crippen LogP contribution is 2.31. The second-order valence-corrected chi connectivity index (χ2v) is 7.22. The number of aromatic nitrogens is 4. The van der Waals surface area contributed by atoms with Gasteiger partial charge in [0.25, 0.3) is 0 Å². The molecule has 152 valence electrons. The number of halogens is 2. The monoisotopic (exact) mass is 407 g/mol. The van der Waals surface area contributed by atoms with E-state index in [0.717, 1.165) is 5.56 Å². The molecule has 1 fully saturated rings. The summed E-state index contributed by atoms with van der Waals surface area (Å²) in [5.41, 5.74) is 3.78. The molecular formula is C22H19F2N5O. The zero-order valence-electron chi connectivity index (χ0n) is 16.1. The Bertz CT molecular complexity index is 1170. The van der Waals surface area contributed by atoms with Gasteiger partial charge in [0, 0.05) is 42.5 Å². The molecule has 2 aromatic heterocycles. The fraction of sp³-hybridized carbons (Fsp3) is 0.227. The lowest BCUT2D eigenvalue weighted by Gasteiger charge is -2.27. The van der Waals surface area contributed by atoms with Crippen molar-refractivity contribution in [2.75, 3.05) is 26.3 Å². The number of H-pyrrole nitrogens is 1. The van der Waals surface area contributed by atoms with Gasteiger partial charge in [-0.1, -0.05) is 12.1 Å². The van der Waals surface area contributed by atoms with E-state index in [-0.39, 0.29) is 12.1 Å². The van der Waals surface area contributed by atoms with Gasteiger partial charge in [0.05, 0.1) is 42.3 Å². The van der Waals surface area contributed by atoms with Crippen molar-refractivity contribution in [1.82, 2.24) is 25.1 Å². The Hall–Kier alpha value is -3.23. The van der Waals surface area contributed by atoms with Crippen molar-refractivity contribution in [3.05, 3.63) is 66.1 Å². The number of hydrogen-bond donors (Lipinski definition) is 1. The Morgan fingerprint density at radius 1 is 1.03 bits per heavy atom. The second-order valence-electron chi connectivity index (χ2n) is 7.22. The van der Waals surface area contributed by atoms with E-state index in [0.29, 0.717) is 54.2 Å². The van der Waals surface area contributed by atoms with Crippen LogP contribution in [0.3, 0.4) is 0 Å². The van der Waals surface area contributed by atoms with Gasteiger partial charge in [-0.05, 0) is 23.8 Å².